The predicted octanol–water partition coefficient (Wildman–Crippen LogP) is 3.99. The number of benzene rings is 1. The molecule has 1 aromatic rings. The minimum atomic E-state index is -0.188. The molecule has 0 aromatic heterocycles. The van der Waals surface area contributed by atoms with Gasteiger partial charge in [0.1, 0.15) is 5.82 Å². The van der Waals surface area contributed by atoms with Gasteiger partial charge in [-0.3, -0.25) is 0 Å². The molecule has 0 saturated heterocycles. The first-order chi connectivity index (χ1) is 7.49. The van der Waals surface area contributed by atoms with Gasteiger partial charge >= 0.3 is 0 Å². The summed E-state index contributed by atoms with van der Waals surface area (Å²) in [5.74, 6) is -0.188. The Kier molecular flexibility index (Phi) is 5.16. The van der Waals surface area contributed by atoms with Gasteiger partial charge in [-0.25, -0.2) is 4.39 Å². The van der Waals surface area contributed by atoms with E-state index in [2.05, 4.69) is 35.1 Å². The Balaban J connectivity index is 2.77. The molecule has 0 unspecified atom stereocenters. The lowest BCUT2D eigenvalue weighted by Gasteiger charge is -2.08. The van der Waals surface area contributed by atoms with Crippen molar-refractivity contribution in [3.63, 3.8) is 0 Å². The number of halogens is 2. The van der Waals surface area contributed by atoms with E-state index >= 15 is 0 Å². The van der Waals surface area contributed by atoms with Crippen LogP contribution in [0, 0.1) is 5.82 Å². The molecule has 0 saturated carbocycles. The van der Waals surface area contributed by atoms with Gasteiger partial charge in [0.25, 0.3) is 0 Å². The maximum atomic E-state index is 13.4. The Labute approximate surface area is 105 Å². The van der Waals surface area contributed by atoms with E-state index in [4.69, 9.17) is 0 Å². The molecule has 0 amide bonds. The second kappa shape index (κ2) is 6.16. The second-order valence-electron chi connectivity index (χ2n) is 4.19. The van der Waals surface area contributed by atoms with Crippen molar-refractivity contribution < 1.29 is 4.39 Å². The molecule has 0 atom stereocenters. The van der Waals surface area contributed by atoms with Gasteiger partial charge in [-0.15, -0.1) is 0 Å². The first kappa shape index (κ1) is 13.4. The Morgan fingerprint density at radius 1 is 1.50 bits per heavy atom. The molecule has 16 heavy (non-hydrogen) atoms. The maximum Gasteiger partial charge on any atom is 0.130 e. The van der Waals surface area contributed by atoms with Gasteiger partial charge in [0, 0.05) is 22.6 Å². The van der Waals surface area contributed by atoms with Crippen molar-refractivity contribution in [2.24, 2.45) is 0 Å². The SMILES string of the molecule is CC(=Cc1cc(Br)ccc1F)CNC(C)C. The normalized spacial score (nSPS) is 12.2. The van der Waals surface area contributed by atoms with Gasteiger partial charge in [0.05, 0.1) is 0 Å². The molecular formula is C13H17BrFN. The number of rotatable bonds is 4. The quantitative estimate of drug-likeness (QED) is 0.882. The molecule has 0 aliphatic rings. The molecule has 1 aromatic carbocycles. The largest absolute Gasteiger partial charge is 0.311 e. The summed E-state index contributed by atoms with van der Waals surface area (Å²) in [5, 5.41) is 3.30. The van der Waals surface area contributed by atoms with Crippen LogP contribution in [-0.4, -0.2) is 12.6 Å². The zero-order valence-corrected chi connectivity index (χ0v) is 11.4. The van der Waals surface area contributed by atoms with Crippen LogP contribution in [0.5, 0.6) is 0 Å². The number of hydrogen-bond acceptors (Lipinski definition) is 1. The molecule has 0 aliphatic carbocycles. The average molecular weight is 286 g/mol. The van der Waals surface area contributed by atoms with Gasteiger partial charge in [-0.05, 0) is 25.1 Å². The van der Waals surface area contributed by atoms with Gasteiger partial charge in [-0.1, -0.05) is 41.4 Å². The van der Waals surface area contributed by atoms with Crippen molar-refractivity contribution in [2.45, 2.75) is 26.8 Å². The molecule has 1 N–H and O–H groups in total. The fraction of sp³-hybridized carbons (Fsp3) is 0.385. The Morgan fingerprint density at radius 3 is 2.81 bits per heavy atom. The highest BCUT2D eigenvalue weighted by molar-refractivity contribution is 9.10. The van der Waals surface area contributed by atoms with E-state index in [9.17, 15) is 4.39 Å². The molecule has 0 heterocycles. The Bertz CT molecular complexity index is 386. The predicted molar refractivity (Wildman–Crippen MR) is 70.9 cm³/mol. The molecular weight excluding hydrogens is 269 g/mol. The van der Waals surface area contributed by atoms with E-state index in [-0.39, 0.29) is 5.82 Å². The summed E-state index contributed by atoms with van der Waals surface area (Å²) in [5.41, 5.74) is 1.74. The van der Waals surface area contributed by atoms with Crippen molar-refractivity contribution in [1.29, 1.82) is 0 Å². The van der Waals surface area contributed by atoms with Crippen LogP contribution in [0.25, 0.3) is 6.08 Å². The van der Waals surface area contributed by atoms with Crippen LogP contribution in [0.1, 0.15) is 26.3 Å². The van der Waals surface area contributed by atoms with Crippen molar-refractivity contribution in [2.75, 3.05) is 6.54 Å². The van der Waals surface area contributed by atoms with E-state index in [1.165, 1.54) is 6.07 Å². The Morgan fingerprint density at radius 2 is 2.19 bits per heavy atom. The summed E-state index contributed by atoms with van der Waals surface area (Å²) < 4.78 is 14.3. The van der Waals surface area contributed by atoms with Crippen LogP contribution in [0.4, 0.5) is 4.39 Å². The molecule has 0 fully saturated rings. The lowest BCUT2D eigenvalue weighted by Crippen LogP contribution is -2.24. The Hall–Kier alpha value is -0.670. The summed E-state index contributed by atoms with van der Waals surface area (Å²) in [6.45, 7) is 6.96. The highest BCUT2D eigenvalue weighted by Crippen LogP contribution is 2.17. The summed E-state index contributed by atoms with van der Waals surface area (Å²) in [6.07, 6.45) is 1.87. The highest BCUT2D eigenvalue weighted by atomic mass is 79.9. The minimum absolute atomic E-state index is 0.188. The molecule has 0 bridgehead atoms. The summed E-state index contributed by atoms with van der Waals surface area (Å²) in [4.78, 5) is 0. The number of hydrogen-bond donors (Lipinski definition) is 1. The lowest BCUT2D eigenvalue weighted by atomic mass is 10.1. The van der Waals surface area contributed by atoms with Crippen molar-refractivity contribution >= 4 is 22.0 Å². The van der Waals surface area contributed by atoms with E-state index in [1.807, 2.05) is 13.0 Å². The summed E-state index contributed by atoms with van der Waals surface area (Å²) >= 11 is 3.34. The molecule has 1 nitrogen and oxygen atoms in total. The van der Waals surface area contributed by atoms with Gasteiger partial charge in [0.15, 0.2) is 0 Å². The average Bonchev–Trinajstić information content (AvgIpc) is 2.20. The first-order valence-electron chi connectivity index (χ1n) is 5.34. The van der Waals surface area contributed by atoms with E-state index < -0.39 is 0 Å². The van der Waals surface area contributed by atoms with Crippen LogP contribution in [0.2, 0.25) is 0 Å². The molecule has 1 rings (SSSR count). The number of nitrogens with one attached hydrogen (secondary N) is 1. The molecule has 0 aliphatic heterocycles. The second-order valence-corrected chi connectivity index (χ2v) is 5.11. The highest BCUT2D eigenvalue weighted by Gasteiger charge is 2.01. The van der Waals surface area contributed by atoms with Crippen molar-refractivity contribution in [1.82, 2.24) is 5.32 Å². The van der Waals surface area contributed by atoms with E-state index in [0.29, 0.717) is 11.6 Å². The molecule has 0 radical (unpaired) electrons. The van der Waals surface area contributed by atoms with E-state index in [1.54, 1.807) is 12.1 Å². The van der Waals surface area contributed by atoms with Crippen LogP contribution in [-0.2, 0) is 0 Å². The third-order valence-corrected chi connectivity index (χ3v) is 2.64. The zero-order chi connectivity index (χ0) is 12.1. The fourth-order valence-corrected chi connectivity index (χ4v) is 1.69. The minimum Gasteiger partial charge on any atom is -0.311 e. The fourth-order valence-electron chi connectivity index (χ4n) is 1.31. The van der Waals surface area contributed by atoms with Crippen LogP contribution < -0.4 is 5.32 Å². The molecule has 3 heteroatoms. The van der Waals surface area contributed by atoms with Gasteiger partial charge in [0.2, 0.25) is 0 Å². The topological polar surface area (TPSA) is 12.0 Å². The monoisotopic (exact) mass is 285 g/mol. The molecule has 0 spiro atoms. The first-order valence-corrected chi connectivity index (χ1v) is 6.14. The van der Waals surface area contributed by atoms with Crippen LogP contribution in [0.3, 0.4) is 0 Å². The smallest absolute Gasteiger partial charge is 0.130 e. The standard InChI is InChI=1S/C13H17BrFN/c1-9(2)16-8-10(3)6-11-7-12(14)4-5-13(11)15/h4-7,9,16H,8H2,1-3H3. The summed E-state index contributed by atoms with van der Waals surface area (Å²) in [6, 6.07) is 5.40. The van der Waals surface area contributed by atoms with Crippen LogP contribution in [0.15, 0.2) is 28.2 Å². The van der Waals surface area contributed by atoms with Gasteiger partial charge < -0.3 is 5.32 Å². The third kappa shape index (κ3) is 4.45. The van der Waals surface area contributed by atoms with Crippen molar-refractivity contribution in [3.8, 4) is 0 Å². The maximum absolute atomic E-state index is 13.4. The zero-order valence-electron chi connectivity index (χ0n) is 9.85. The van der Waals surface area contributed by atoms with Crippen LogP contribution >= 0.6 is 15.9 Å². The van der Waals surface area contributed by atoms with Crippen molar-refractivity contribution in [3.05, 3.63) is 39.6 Å². The lowest BCUT2D eigenvalue weighted by molar-refractivity contribution is 0.619. The van der Waals surface area contributed by atoms with E-state index in [0.717, 1.165) is 16.6 Å². The third-order valence-electron chi connectivity index (χ3n) is 2.15. The molecule has 88 valence electrons. The summed E-state index contributed by atoms with van der Waals surface area (Å²) in [7, 11) is 0. The van der Waals surface area contributed by atoms with Gasteiger partial charge in [-0.2, -0.15) is 0 Å².